The van der Waals surface area contributed by atoms with Gasteiger partial charge in [-0.3, -0.25) is 9.69 Å². The topological polar surface area (TPSA) is 58.4 Å². The van der Waals surface area contributed by atoms with Crippen LogP contribution in [-0.2, 0) is 4.79 Å². The minimum absolute atomic E-state index is 0.120. The number of likely N-dealkylation sites (tertiary alicyclic amines) is 1. The van der Waals surface area contributed by atoms with E-state index in [1.54, 1.807) is 0 Å². The van der Waals surface area contributed by atoms with Crippen LogP contribution in [0.4, 0.5) is 0 Å². The summed E-state index contributed by atoms with van der Waals surface area (Å²) in [4.78, 5) is 15.1. The molecule has 0 radical (unpaired) electrons. The average Bonchev–Trinajstić information content (AvgIpc) is 3.27. The molecule has 4 heteroatoms. The third-order valence-corrected chi connectivity index (χ3v) is 5.53. The Hall–Kier alpha value is -1.39. The van der Waals surface area contributed by atoms with Crippen molar-refractivity contribution in [2.45, 2.75) is 38.1 Å². The largest absolute Gasteiger partial charge is 0.354 e. The quantitative estimate of drug-likeness (QED) is 0.847. The van der Waals surface area contributed by atoms with E-state index >= 15 is 0 Å². The second-order valence-corrected chi connectivity index (χ2v) is 6.95. The molecule has 3 rings (SSSR count). The number of amides is 1. The summed E-state index contributed by atoms with van der Waals surface area (Å²) >= 11 is 0. The van der Waals surface area contributed by atoms with Gasteiger partial charge >= 0.3 is 0 Å². The van der Waals surface area contributed by atoms with Crippen LogP contribution in [0.15, 0.2) is 30.3 Å². The van der Waals surface area contributed by atoms with Gasteiger partial charge in [-0.05, 0) is 56.8 Å². The number of nitrogens with two attached hydrogens (primary N) is 1. The highest BCUT2D eigenvalue weighted by Gasteiger charge is 2.32. The average molecular weight is 315 g/mol. The summed E-state index contributed by atoms with van der Waals surface area (Å²) < 4.78 is 0. The van der Waals surface area contributed by atoms with Crippen molar-refractivity contribution in [2.75, 3.05) is 26.2 Å². The number of hydrogen-bond donors (Lipinski definition) is 2. The number of carbonyl (C=O) groups is 1. The summed E-state index contributed by atoms with van der Waals surface area (Å²) in [5, 5.41) is 3.23. The van der Waals surface area contributed by atoms with Crippen LogP contribution in [0.2, 0.25) is 0 Å². The maximum absolute atomic E-state index is 12.6. The summed E-state index contributed by atoms with van der Waals surface area (Å²) in [7, 11) is 0. The fourth-order valence-corrected chi connectivity index (χ4v) is 4.18. The first-order chi connectivity index (χ1) is 11.3. The molecule has 3 atom stereocenters. The molecule has 2 fully saturated rings. The lowest BCUT2D eigenvalue weighted by atomic mass is 9.95. The molecule has 0 spiro atoms. The molecule has 1 heterocycles. The Morgan fingerprint density at radius 3 is 2.61 bits per heavy atom. The molecule has 1 saturated carbocycles. The van der Waals surface area contributed by atoms with E-state index < -0.39 is 0 Å². The highest BCUT2D eigenvalue weighted by atomic mass is 16.1. The normalized spacial score (nSPS) is 26.3. The Labute approximate surface area is 139 Å². The molecule has 1 aliphatic heterocycles. The Bertz CT molecular complexity index is 499. The van der Waals surface area contributed by atoms with E-state index in [4.69, 9.17) is 5.73 Å². The first-order valence-electron chi connectivity index (χ1n) is 9.06. The number of rotatable bonds is 6. The van der Waals surface area contributed by atoms with E-state index in [-0.39, 0.29) is 11.8 Å². The van der Waals surface area contributed by atoms with Crippen molar-refractivity contribution >= 4 is 5.91 Å². The van der Waals surface area contributed by atoms with E-state index in [1.165, 1.54) is 18.4 Å². The van der Waals surface area contributed by atoms with E-state index in [1.807, 2.05) is 6.07 Å². The highest BCUT2D eigenvalue weighted by molar-refractivity contribution is 5.79. The van der Waals surface area contributed by atoms with Gasteiger partial charge in [0.1, 0.15) is 0 Å². The summed E-state index contributed by atoms with van der Waals surface area (Å²) in [6.07, 6.45) is 5.74. The molecule has 0 aromatic heterocycles. The van der Waals surface area contributed by atoms with Crippen LogP contribution in [0.1, 0.15) is 43.7 Å². The molecular weight excluding hydrogens is 286 g/mol. The summed E-state index contributed by atoms with van der Waals surface area (Å²) in [5.41, 5.74) is 7.12. The van der Waals surface area contributed by atoms with Gasteiger partial charge in [-0.1, -0.05) is 36.8 Å². The Balaban J connectivity index is 1.63. The fraction of sp³-hybridized carbons (Fsp3) is 0.632. The van der Waals surface area contributed by atoms with E-state index in [9.17, 15) is 4.79 Å². The molecule has 1 aromatic carbocycles. The first-order valence-corrected chi connectivity index (χ1v) is 9.06. The van der Waals surface area contributed by atoms with Gasteiger partial charge in [0.05, 0.1) is 6.04 Å². The molecule has 1 amide bonds. The lowest BCUT2D eigenvalue weighted by Crippen LogP contribution is -2.40. The van der Waals surface area contributed by atoms with Gasteiger partial charge in [0.25, 0.3) is 0 Å². The zero-order chi connectivity index (χ0) is 16.1. The molecular formula is C19H29N3O. The second kappa shape index (κ2) is 7.93. The predicted octanol–water partition coefficient (Wildman–Crippen LogP) is 2.31. The monoisotopic (exact) mass is 315 g/mol. The number of nitrogens with zero attached hydrogens (tertiary/aromatic N) is 1. The van der Waals surface area contributed by atoms with Crippen LogP contribution in [0.3, 0.4) is 0 Å². The third kappa shape index (κ3) is 3.93. The number of nitrogens with one attached hydrogen (secondary N) is 1. The molecule has 126 valence electrons. The van der Waals surface area contributed by atoms with Crippen molar-refractivity contribution < 1.29 is 4.79 Å². The van der Waals surface area contributed by atoms with Crippen LogP contribution >= 0.6 is 0 Å². The van der Waals surface area contributed by atoms with Gasteiger partial charge in [-0.25, -0.2) is 0 Å². The van der Waals surface area contributed by atoms with Gasteiger partial charge in [0.2, 0.25) is 5.91 Å². The van der Waals surface area contributed by atoms with Crippen molar-refractivity contribution in [3.05, 3.63) is 35.9 Å². The van der Waals surface area contributed by atoms with Crippen LogP contribution < -0.4 is 11.1 Å². The van der Waals surface area contributed by atoms with Gasteiger partial charge in [0.15, 0.2) is 0 Å². The minimum Gasteiger partial charge on any atom is -0.354 e. The second-order valence-electron chi connectivity index (χ2n) is 6.95. The standard InChI is InChI=1S/C19H29N3O/c20-13-16-9-6-10-17(16)19(23)21-14-18(22-11-4-5-12-22)15-7-2-1-3-8-15/h1-3,7-8,16-18H,4-6,9-14,20H2,(H,21,23)/t16-,17-,18?/m1/s1. The molecule has 1 saturated heterocycles. The van der Waals surface area contributed by atoms with Crippen LogP contribution in [0.5, 0.6) is 0 Å². The minimum atomic E-state index is 0.120. The lowest BCUT2D eigenvalue weighted by Gasteiger charge is -2.29. The van der Waals surface area contributed by atoms with E-state index in [0.717, 1.165) is 32.4 Å². The molecule has 1 aliphatic carbocycles. The predicted molar refractivity (Wildman–Crippen MR) is 92.9 cm³/mol. The summed E-state index contributed by atoms with van der Waals surface area (Å²) in [6, 6.07) is 10.9. The van der Waals surface area contributed by atoms with Crippen LogP contribution in [-0.4, -0.2) is 37.0 Å². The highest BCUT2D eigenvalue weighted by Crippen LogP contribution is 2.31. The van der Waals surface area contributed by atoms with Gasteiger partial charge in [-0.2, -0.15) is 0 Å². The van der Waals surface area contributed by atoms with Crippen molar-refractivity contribution in [1.82, 2.24) is 10.2 Å². The molecule has 23 heavy (non-hydrogen) atoms. The molecule has 0 bridgehead atoms. The van der Waals surface area contributed by atoms with Crippen molar-refractivity contribution in [3.63, 3.8) is 0 Å². The molecule has 1 aromatic rings. The van der Waals surface area contributed by atoms with Gasteiger partial charge in [-0.15, -0.1) is 0 Å². The smallest absolute Gasteiger partial charge is 0.223 e. The maximum atomic E-state index is 12.6. The summed E-state index contributed by atoms with van der Waals surface area (Å²) in [5.74, 6) is 0.699. The maximum Gasteiger partial charge on any atom is 0.223 e. The fourth-order valence-electron chi connectivity index (χ4n) is 4.18. The number of hydrogen-bond acceptors (Lipinski definition) is 3. The van der Waals surface area contributed by atoms with Crippen LogP contribution in [0, 0.1) is 11.8 Å². The van der Waals surface area contributed by atoms with Gasteiger partial charge < -0.3 is 11.1 Å². The van der Waals surface area contributed by atoms with E-state index in [0.29, 0.717) is 25.0 Å². The SMILES string of the molecule is NC[C@H]1CCC[C@H]1C(=O)NCC(c1ccccc1)N1CCCC1. The Morgan fingerprint density at radius 2 is 1.91 bits per heavy atom. The zero-order valence-electron chi connectivity index (χ0n) is 13.9. The van der Waals surface area contributed by atoms with Crippen molar-refractivity contribution in [1.29, 1.82) is 0 Å². The van der Waals surface area contributed by atoms with Crippen molar-refractivity contribution in [3.8, 4) is 0 Å². The molecule has 2 aliphatic rings. The zero-order valence-corrected chi connectivity index (χ0v) is 13.9. The van der Waals surface area contributed by atoms with E-state index in [2.05, 4.69) is 34.5 Å². The van der Waals surface area contributed by atoms with Crippen molar-refractivity contribution in [2.24, 2.45) is 17.6 Å². The molecule has 3 N–H and O–H groups in total. The Kier molecular flexibility index (Phi) is 5.68. The number of benzene rings is 1. The first kappa shape index (κ1) is 16.5. The third-order valence-electron chi connectivity index (χ3n) is 5.53. The van der Waals surface area contributed by atoms with Gasteiger partial charge in [0, 0.05) is 12.5 Å². The number of carbonyl (C=O) groups excluding carboxylic acids is 1. The lowest BCUT2D eigenvalue weighted by molar-refractivity contribution is -0.126. The molecule has 1 unspecified atom stereocenters. The van der Waals surface area contributed by atoms with Crippen LogP contribution in [0.25, 0.3) is 0 Å². The molecule has 4 nitrogen and oxygen atoms in total. The Morgan fingerprint density at radius 1 is 1.17 bits per heavy atom. The summed E-state index contributed by atoms with van der Waals surface area (Å²) in [6.45, 7) is 3.59.